The Balaban J connectivity index is 1.72. The summed E-state index contributed by atoms with van der Waals surface area (Å²) in [5.74, 6) is 0.423. The normalized spacial score (nSPS) is 10.7. The molecule has 0 radical (unpaired) electrons. The molecule has 0 aliphatic carbocycles. The lowest BCUT2D eigenvalue weighted by Gasteiger charge is -2.04. The second-order valence-corrected chi connectivity index (χ2v) is 5.62. The maximum absolute atomic E-state index is 13.2. The summed E-state index contributed by atoms with van der Waals surface area (Å²) in [7, 11) is 0. The molecule has 3 nitrogen and oxygen atoms in total. The molecule has 0 saturated carbocycles. The van der Waals surface area contributed by atoms with Crippen LogP contribution < -0.4 is 5.73 Å². The van der Waals surface area contributed by atoms with Gasteiger partial charge in [-0.25, -0.2) is 9.07 Å². The number of nitrogen functional groups attached to an aromatic ring is 1. The number of benzene rings is 2. The largest absolute Gasteiger partial charge is 0.398 e. The summed E-state index contributed by atoms with van der Waals surface area (Å²) in [6.45, 7) is 0. The maximum atomic E-state index is 13.2. The number of para-hydroxylation sites is 1. The summed E-state index contributed by atoms with van der Waals surface area (Å²) in [5.41, 5.74) is 8.51. The van der Waals surface area contributed by atoms with Gasteiger partial charge in [-0.3, -0.25) is 0 Å². The van der Waals surface area contributed by atoms with Crippen LogP contribution in [0.4, 0.5) is 10.1 Å². The van der Waals surface area contributed by atoms with Crippen molar-refractivity contribution < 1.29 is 4.39 Å². The second-order valence-electron chi connectivity index (χ2n) is 4.60. The Kier molecular flexibility index (Phi) is 3.92. The van der Waals surface area contributed by atoms with E-state index in [2.05, 4.69) is 5.10 Å². The molecule has 0 aliphatic rings. The molecule has 0 aliphatic heterocycles. The van der Waals surface area contributed by atoms with Gasteiger partial charge in [-0.15, -0.1) is 11.8 Å². The highest BCUT2D eigenvalue weighted by Gasteiger charge is 2.05. The van der Waals surface area contributed by atoms with E-state index in [1.165, 1.54) is 23.9 Å². The molecule has 0 bridgehead atoms. The van der Waals surface area contributed by atoms with Crippen LogP contribution in [0.2, 0.25) is 0 Å². The highest BCUT2D eigenvalue weighted by molar-refractivity contribution is 7.98. The summed E-state index contributed by atoms with van der Waals surface area (Å²) in [6.07, 6.45) is 3.79. The smallest absolute Gasteiger partial charge is 0.124 e. The molecule has 0 amide bonds. The van der Waals surface area contributed by atoms with Crippen molar-refractivity contribution in [3.8, 4) is 5.69 Å². The number of nitrogens with two attached hydrogens (primary N) is 1. The van der Waals surface area contributed by atoms with Crippen molar-refractivity contribution in [3.05, 3.63) is 72.3 Å². The van der Waals surface area contributed by atoms with E-state index in [0.29, 0.717) is 11.4 Å². The summed E-state index contributed by atoms with van der Waals surface area (Å²) < 4.78 is 15.0. The predicted octanol–water partition coefficient (Wildman–Crippen LogP) is 3.89. The first-order chi connectivity index (χ1) is 10.2. The molecule has 0 atom stereocenters. The van der Waals surface area contributed by atoms with Crippen molar-refractivity contribution in [2.45, 2.75) is 10.6 Å². The molecule has 1 aromatic heterocycles. The van der Waals surface area contributed by atoms with Gasteiger partial charge in [0.2, 0.25) is 0 Å². The van der Waals surface area contributed by atoms with Gasteiger partial charge in [0.05, 0.1) is 11.9 Å². The molecule has 5 heteroatoms. The van der Waals surface area contributed by atoms with Crippen LogP contribution >= 0.6 is 11.8 Å². The standard InChI is InChI=1S/C16H14FN3S/c17-13-6-7-15(18)16(8-13)21-11-12-9-19-20(10-12)14-4-2-1-3-5-14/h1-10H,11,18H2. The molecule has 0 saturated heterocycles. The lowest BCUT2D eigenvalue weighted by atomic mass is 10.3. The minimum absolute atomic E-state index is 0.272. The van der Waals surface area contributed by atoms with Gasteiger partial charge in [-0.1, -0.05) is 18.2 Å². The number of hydrogen-bond donors (Lipinski definition) is 1. The topological polar surface area (TPSA) is 43.8 Å². The number of halogens is 1. The number of thioether (sulfide) groups is 1. The molecule has 1 heterocycles. The average molecular weight is 299 g/mol. The first-order valence-electron chi connectivity index (χ1n) is 6.49. The van der Waals surface area contributed by atoms with Gasteiger partial charge in [-0.2, -0.15) is 5.10 Å². The monoisotopic (exact) mass is 299 g/mol. The highest BCUT2D eigenvalue weighted by atomic mass is 32.2. The van der Waals surface area contributed by atoms with E-state index in [1.54, 1.807) is 6.07 Å². The third-order valence-corrected chi connectivity index (χ3v) is 4.17. The summed E-state index contributed by atoms with van der Waals surface area (Å²) >= 11 is 1.50. The third kappa shape index (κ3) is 3.25. The minimum atomic E-state index is -0.272. The van der Waals surface area contributed by atoms with Gasteiger partial charge in [0.25, 0.3) is 0 Å². The Morgan fingerprint density at radius 2 is 1.95 bits per heavy atom. The van der Waals surface area contributed by atoms with Crippen LogP contribution in [0.1, 0.15) is 5.56 Å². The first kappa shape index (κ1) is 13.7. The molecule has 2 aromatic carbocycles. The molecule has 0 spiro atoms. The van der Waals surface area contributed by atoms with Gasteiger partial charge in [0, 0.05) is 28.1 Å². The van der Waals surface area contributed by atoms with Crippen molar-refractivity contribution in [2.75, 3.05) is 5.73 Å². The zero-order chi connectivity index (χ0) is 14.7. The van der Waals surface area contributed by atoms with Gasteiger partial charge in [0.1, 0.15) is 5.82 Å². The molecule has 0 unspecified atom stereocenters. The van der Waals surface area contributed by atoms with Crippen molar-refractivity contribution in [1.29, 1.82) is 0 Å². The molecule has 0 fully saturated rings. The third-order valence-electron chi connectivity index (χ3n) is 3.03. The highest BCUT2D eigenvalue weighted by Crippen LogP contribution is 2.28. The fraction of sp³-hybridized carbons (Fsp3) is 0.0625. The van der Waals surface area contributed by atoms with Gasteiger partial charge in [0.15, 0.2) is 0 Å². The van der Waals surface area contributed by atoms with E-state index < -0.39 is 0 Å². The van der Waals surface area contributed by atoms with Gasteiger partial charge < -0.3 is 5.73 Å². The summed E-state index contributed by atoms with van der Waals surface area (Å²) in [6, 6.07) is 14.3. The molecular formula is C16H14FN3S. The van der Waals surface area contributed by atoms with E-state index in [4.69, 9.17) is 5.73 Å². The molecule has 21 heavy (non-hydrogen) atoms. The van der Waals surface area contributed by atoms with Crippen molar-refractivity contribution in [2.24, 2.45) is 0 Å². The Morgan fingerprint density at radius 1 is 1.14 bits per heavy atom. The van der Waals surface area contributed by atoms with Crippen LogP contribution in [0.15, 0.2) is 65.8 Å². The lowest BCUT2D eigenvalue weighted by Crippen LogP contribution is -1.92. The summed E-state index contributed by atoms with van der Waals surface area (Å²) in [4.78, 5) is 0.752. The van der Waals surface area contributed by atoms with E-state index in [1.807, 2.05) is 47.4 Å². The average Bonchev–Trinajstić information content (AvgIpc) is 2.98. The van der Waals surface area contributed by atoms with Crippen molar-refractivity contribution in [1.82, 2.24) is 9.78 Å². The summed E-state index contributed by atoms with van der Waals surface area (Å²) in [5, 5.41) is 4.34. The zero-order valence-corrected chi connectivity index (χ0v) is 12.1. The molecule has 2 N–H and O–H groups in total. The quantitative estimate of drug-likeness (QED) is 0.587. The van der Waals surface area contributed by atoms with E-state index in [-0.39, 0.29) is 5.82 Å². The van der Waals surface area contributed by atoms with Crippen LogP contribution in [-0.2, 0) is 5.75 Å². The van der Waals surface area contributed by atoms with Crippen molar-refractivity contribution >= 4 is 17.4 Å². The maximum Gasteiger partial charge on any atom is 0.124 e. The van der Waals surface area contributed by atoms with E-state index in [9.17, 15) is 4.39 Å². The predicted molar refractivity (Wildman–Crippen MR) is 83.9 cm³/mol. The number of nitrogens with zero attached hydrogens (tertiary/aromatic N) is 2. The van der Waals surface area contributed by atoms with Crippen LogP contribution in [0, 0.1) is 5.82 Å². The van der Waals surface area contributed by atoms with Crippen LogP contribution in [0.5, 0.6) is 0 Å². The van der Waals surface area contributed by atoms with Gasteiger partial charge in [-0.05, 0) is 30.3 Å². The van der Waals surface area contributed by atoms with E-state index in [0.717, 1.165) is 16.1 Å². The minimum Gasteiger partial charge on any atom is -0.398 e. The van der Waals surface area contributed by atoms with Crippen LogP contribution in [-0.4, -0.2) is 9.78 Å². The Hall–Kier alpha value is -2.27. The number of hydrogen-bond acceptors (Lipinski definition) is 3. The van der Waals surface area contributed by atoms with Crippen molar-refractivity contribution in [3.63, 3.8) is 0 Å². The molecule has 3 aromatic rings. The molecule has 106 valence electrons. The Morgan fingerprint density at radius 3 is 2.76 bits per heavy atom. The SMILES string of the molecule is Nc1ccc(F)cc1SCc1cnn(-c2ccccc2)c1. The lowest BCUT2D eigenvalue weighted by molar-refractivity contribution is 0.624. The zero-order valence-electron chi connectivity index (χ0n) is 11.2. The molecule has 3 rings (SSSR count). The second kappa shape index (κ2) is 6.01. The van der Waals surface area contributed by atoms with Crippen LogP contribution in [0.3, 0.4) is 0 Å². The van der Waals surface area contributed by atoms with Gasteiger partial charge >= 0.3 is 0 Å². The van der Waals surface area contributed by atoms with Crippen LogP contribution in [0.25, 0.3) is 5.69 Å². The number of aromatic nitrogens is 2. The number of rotatable bonds is 4. The Labute approximate surface area is 126 Å². The fourth-order valence-electron chi connectivity index (χ4n) is 1.95. The Bertz CT molecular complexity index is 740. The van der Waals surface area contributed by atoms with E-state index >= 15 is 0 Å². The first-order valence-corrected chi connectivity index (χ1v) is 7.48. The fourth-order valence-corrected chi connectivity index (χ4v) is 2.85. The molecular weight excluding hydrogens is 285 g/mol. The number of anilines is 1.